The highest BCUT2D eigenvalue weighted by Crippen LogP contribution is 2.38. The van der Waals surface area contributed by atoms with E-state index in [1.54, 1.807) is 24.3 Å². The minimum atomic E-state index is -1.26. The predicted octanol–water partition coefficient (Wildman–Crippen LogP) is 6.18. The number of benzene rings is 3. The summed E-state index contributed by atoms with van der Waals surface area (Å²) in [6.45, 7) is 4.14. The third kappa shape index (κ3) is 5.58. The zero-order chi connectivity index (χ0) is 28.4. The van der Waals surface area contributed by atoms with Crippen molar-refractivity contribution >= 4 is 80.6 Å². The number of nitrogens with zero attached hydrogens (tertiary/aromatic N) is 3. The van der Waals surface area contributed by atoms with Gasteiger partial charge in [-0.15, -0.1) is 0 Å². The van der Waals surface area contributed by atoms with Crippen molar-refractivity contribution in [1.82, 2.24) is 5.32 Å². The summed E-state index contributed by atoms with van der Waals surface area (Å²) < 4.78 is 0. The van der Waals surface area contributed by atoms with Crippen molar-refractivity contribution in [2.75, 3.05) is 9.80 Å². The second-order valence-electron chi connectivity index (χ2n) is 9.13. The molecule has 2 saturated heterocycles. The zero-order valence-electron chi connectivity index (χ0n) is 21.8. The largest absolute Gasteiger partial charge is 0.301 e. The van der Waals surface area contributed by atoms with Crippen molar-refractivity contribution in [2.24, 2.45) is 10.9 Å². The Bertz CT molecular complexity index is 1550. The van der Waals surface area contributed by atoms with Gasteiger partial charge >= 0.3 is 0 Å². The van der Waals surface area contributed by atoms with Gasteiger partial charge in [-0.2, -0.15) is 0 Å². The van der Waals surface area contributed by atoms with E-state index in [0.717, 1.165) is 30.2 Å². The van der Waals surface area contributed by atoms with Crippen LogP contribution in [0.2, 0.25) is 5.02 Å². The van der Waals surface area contributed by atoms with E-state index in [-0.39, 0.29) is 15.9 Å². The molecule has 2 heterocycles. The van der Waals surface area contributed by atoms with Gasteiger partial charge in [-0.1, -0.05) is 49.7 Å². The number of aliphatic imine (C=N–C) groups is 1. The van der Waals surface area contributed by atoms with Gasteiger partial charge in [0.2, 0.25) is 11.8 Å². The Morgan fingerprint density at radius 1 is 0.875 bits per heavy atom. The highest BCUT2D eigenvalue weighted by Gasteiger charge is 2.41. The normalized spacial score (nSPS) is 19.6. The molecule has 3 aromatic rings. The van der Waals surface area contributed by atoms with Gasteiger partial charge in [-0.25, -0.2) is 4.99 Å². The van der Waals surface area contributed by atoms with E-state index < -0.39 is 17.7 Å². The van der Waals surface area contributed by atoms with Gasteiger partial charge in [0.25, 0.3) is 5.91 Å². The molecule has 2 aliphatic heterocycles. The molecule has 1 atom stereocenters. The molecule has 2 aliphatic rings. The molecule has 202 valence electrons. The average Bonchev–Trinajstić information content (AvgIpc) is 3.26. The van der Waals surface area contributed by atoms with Crippen LogP contribution in [0.25, 0.3) is 0 Å². The van der Waals surface area contributed by atoms with Gasteiger partial charge in [-0.05, 0) is 103 Å². The fourth-order valence-electron chi connectivity index (χ4n) is 4.31. The molecule has 2 fully saturated rings. The maximum absolute atomic E-state index is 13.8. The number of anilines is 2. The molecule has 5 rings (SSSR count). The lowest BCUT2D eigenvalue weighted by atomic mass is 10.0. The van der Waals surface area contributed by atoms with Crippen LogP contribution in [0.3, 0.4) is 0 Å². The van der Waals surface area contributed by atoms with Crippen molar-refractivity contribution in [2.45, 2.75) is 26.7 Å². The number of aryl methyl sites for hydroxylation is 2. The first-order valence-electron chi connectivity index (χ1n) is 12.7. The minimum absolute atomic E-state index is 0.0345. The van der Waals surface area contributed by atoms with Crippen LogP contribution < -0.4 is 15.1 Å². The first kappa shape index (κ1) is 27.8. The fourth-order valence-corrected chi connectivity index (χ4v) is 5.74. The lowest BCUT2D eigenvalue weighted by molar-refractivity contribution is -0.131. The highest BCUT2D eigenvalue weighted by molar-refractivity contribution is 8.19. The maximum Gasteiger partial charge on any atom is 0.271 e. The Hall–Kier alpha value is -3.79. The van der Waals surface area contributed by atoms with Gasteiger partial charge in [-0.3, -0.25) is 24.2 Å². The van der Waals surface area contributed by atoms with Crippen molar-refractivity contribution in [1.29, 1.82) is 0 Å². The summed E-state index contributed by atoms with van der Waals surface area (Å²) in [5.41, 5.74) is 4.11. The van der Waals surface area contributed by atoms with Crippen LogP contribution in [0.4, 0.5) is 17.1 Å². The van der Waals surface area contributed by atoms with Gasteiger partial charge < -0.3 is 5.32 Å². The third-order valence-electron chi connectivity index (χ3n) is 6.58. The van der Waals surface area contributed by atoms with Crippen LogP contribution in [0.5, 0.6) is 0 Å². The molecular formula is C30H25ClN4O3S2. The molecule has 10 heteroatoms. The molecule has 0 radical (unpaired) electrons. The topological polar surface area (TPSA) is 82.1 Å². The molecule has 0 unspecified atom stereocenters. The number of carbonyl (C=O) groups excluding carboxylic acids is 3. The minimum Gasteiger partial charge on any atom is -0.301 e. The standard InChI is InChI=1S/C30H25ClN4O3S2/c1-3-18-5-11-21(12-6-18)32-30-35(23-13-7-19(4-2)8-14-23)28(38)25(40-30)17-24-26(36)33-29(39)34(27(24)37)22-15-9-20(31)10-16-22/h5-17,24H,3-4H2,1-2H3,(H,33,36,39)/b25-17-,32-30?/t24-/m0/s1. The van der Waals surface area contributed by atoms with E-state index in [1.165, 1.54) is 21.4 Å². The average molecular weight is 589 g/mol. The number of hydrogen-bond donors (Lipinski definition) is 1. The van der Waals surface area contributed by atoms with Crippen molar-refractivity contribution < 1.29 is 14.4 Å². The van der Waals surface area contributed by atoms with Crippen LogP contribution >= 0.6 is 35.6 Å². The lowest BCUT2D eigenvalue weighted by Gasteiger charge is -2.31. The Morgan fingerprint density at radius 3 is 2.02 bits per heavy atom. The van der Waals surface area contributed by atoms with E-state index in [0.29, 0.717) is 27.3 Å². The Balaban J connectivity index is 1.52. The second kappa shape index (κ2) is 11.8. The molecule has 0 aromatic heterocycles. The fraction of sp³-hybridized carbons (Fsp3) is 0.167. The molecule has 7 nitrogen and oxygen atoms in total. The Morgan fingerprint density at radius 2 is 1.43 bits per heavy atom. The number of carbonyl (C=O) groups is 3. The van der Waals surface area contributed by atoms with Gasteiger partial charge in [0.1, 0.15) is 5.92 Å². The summed E-state index contributed by atoms with van der Waals surface area (Å²) in [7, 11) is 0. The molecule has 0 bridgehead atoms. The number of amides is 3. The molecule has 3 amide bonds. The van der Waals surface area contributed by atoms with Crippen LogP contribution in [-0.4, -0.2) is 28.0 Å². The second-order valence-corrected chi connectivity index (χ2v) is 11.0. The van der Waals surface area contributed by atoms with Crippen LogP contribution in [-0.2, 0) is 27.2 Å². The van der Waals surface area contributed by atoms with Gasteiger partial charge in [0.05, 0.1) is 22.0 Å². The first-order chi connectivity index (χ1) is 19.3. The number of nitrogens with one attached hydrogen (secondary N) is 1. The van der Waals surface area contributed by atoms with Crippen LogP contribution in [0.15, 0.2) is 88.8 Å². The van der Waals surface area contributed by atoms with Crippen molar-refractivity contribution in [3.8, 4) is 0 Å². The molecule has 0 aliphatic carbocycles. The molecule has 0 spiro atoms. The summed E-state index contributed by atoms with van der Waals surface area (Å²) in [6, 6.07) is 22.0. The number of thiocarbonyl (C=S) groups is 1. The smallest absolute Gasteiger partial charge is 0.271 e. The SMILES string of the molecule is CCc1ccc(N=C2S/C(=C\[C@H]3C(=O)NC(=S)N(c4ccc(Cl)cc4)C3=O)C(=O)N2c2ccc(CC)cc2)cc1. The Labute approximate surface area is 246 Å². The summed E-state index contributed by atoms with van der Waals surface area (Å²) >= 11 is 12.4. The molecule has 40 heavy (non-hydrogen) atoms. The van der Waals surface area contributed by atoms with Crippen molar-refractivity contribution in [3.63, 3.8) is 0 Å². The van der Waals surface area contributed by atoms with Crippen LogP contribution in [0, 0.1) is 5.92 Å². The molecule has 1 N–H and O–H groups in total. The third-order valence-corrected chi connectivity index (χ3v) is 8.11. The Kier molecular flexibility index (Phi) is 8.16. The quantitative estimate of drug-likeness (QED) is 0.211. The predicted molar refractivity (Wildman–Crippen MR) is 165 cm³/mol. The number of thioether (sulfide) groups is 1. The lowest BCUT2D eigenvalue weighted by Crippen LogP contribution is -2.57. The zero-order valence-corrected chi connectivity index (χ0v) is 24.1. The number of amidine groups is 1. The summed E-state index contributed by atoms with van der Waals surface area (Å²) in [5, 5.41) is 3.48. The van der Waals surface area contributed by atoms with E-state index in [1.807, 2.05) is 48.5 Å². The summed E-state index contributed by atoms with van der Waals surface area (Å²) in [6.07, 6.45) is 3.16. The van der Waals surface area contributed by atoms with E-state index in [9.17, 15) is 14.4 Å². The highest BCUT2D eigenvalue weighted by atomic mass is 35.5. The van der Waals surface area contributed by atoms with E-state index in [4.69, 9.17) is 28.8 Å². The number of rotatable bonds is 6. The van der Waals surface area contributed by atoms with Gasteiger partial charge in [0, 0.05) is 5.02 Å². The van der Waals surface area contributed by atoms with E-state index >= 15 is 0 Å². The van der Waals surface area contributed by atoms with Gasteiger partial charge in [0.15, 0.2) is 10.3 Å². The van der Waals surface area contributed by atoms with E-state index in [2.05, 4.69) is 19.2 Å². The van der Waals surface area contributed by atoms with Crippen molar-refractivity contribution in [3.05, 3.63) is 99.9 Å². The first-order valence-corrected chi connectivity index (χ1v) is 14.3. The number of halogens is 1. The monoisotopic (exact) mass is 588 g/mol. The van der Waals surface area contributed by atoms with Crippen LogP contribution in [0.1, 0.15) is 25.0 Å². The summed E-state index contributed by atoms with van der Waals surface area (Å²) in [5.74, 6) is -2.79. The number of hydrogen-bond acceptors (Lipinski definition) is 6. The molecular weight excluding hydrogens is 564 g/mol. The molecule has 0 saturated carbocycles. The summed E-state index contributed by atoms with van der Waals surface area (Å²) in [4.78, 5) is 47.9. The maximum atomic E-state index is 13.8. The molecule has 3 aromatic carbocycles.